The van der Waals surface area contributed by atoms with Crippen molar-refractivity contribution >= 4 is 17.3 Å². The van der Waals surface area contributed by atoms with Crippen LogP contribution in [0.15, 0.2) is 48.5 Å². The lowest BCUT2D eigenvalue weighted by Crippen LogP contribution is -2.42. The average molecular weight is 399 g/mol. The molecule has 7 nitrogen and oxygen atoms in total. The number of nitro groups is 1. The number of nitrogens with one attached hydrogen (secondary N) is 1. The number of carbonyl (C=O) groups excluding carboxylic acids is 1. The molecule has 0 spiro atoms. The van der Waals surface area contributed by atoms with Crippen LogP contribution in [0, 0.1) is 23.0 Å². The van der Waals surface area contributed by atoms with E-state index in [9.17, 15) is 20.0 Å². The minimum atomic E-state index is -0.457. The second kappa shape index (κ2) is 10.7. The fourth-order valence-corrected chi connectivity index (χ4v) is 3.34. The quantitative estimate of drug-likeness (QED) is 0.469. The maximum Gasteiger partial charge on any atom is 0.274 e. The number of aliphatic hydroxyl groups excluding tert-OH is 1. The predicted octanol–water partition coefficient (Wildman–Crippen LogP) is 3.75. The standard InChI is InChI=1S/C22H29N3O4/c1-16(2)21(15-26)24(14-18-8-5-4-6-9-18)13-12-22(27)23-19-10-7-11-20(17(19)3)25(28)29/h4-11,16,21,26H,12-15H2,1-3H3,(H,23,27). The summed E-state index contributed by atoms with van der Waals surface area (Å²) in [6.45, 7) is 6.83. The number of carbonyl (C=O) groups is 1. The highest BCUT2D eigenvalue weighted by Crippen LogP contribution is 2.25. The third-order valence-electron chi connectivity index (χ3n) is 5.06. The number of amides is 1. The Balaban J connectivity index is 2.07. The lowest BCUT2D eigenvalue weighted by molar-refractivity contribution is -0.385. The van der Waals surface area contributed by atoms with Gasteiger partial charge in [-0.2, -0.15) is 0 Å². The molecule has 7 heteroatoms. The van der Waals surface area contributed by atoms with Crippen molar-refractivity contribution in [3.63, 3.8) is 0 Å². The molecule has 1 amide bonds. The fraction of sp³-hybridized carbons (Fsp3) is 0.409. The first-order valence-electron chi connectivity index (χ1n) is 9.76. The number of benzene rings is 2. The molecule has 0 aliphatic heterocycles. The topological polar surface area (TPSA) is 95.7 Å². The van der Waals surface area contributed by atoms with E-state index in [4.69, 9.17) is 0 Å². The Bertz CT molecular complexity index is 824. The summed E-state index contributed by atoms with van der Waals surface area (Å²) in [5.41, 5.74) is 1.97. The van der Waals surface area contributed by atoms with Gasteiger partial charge >= 0.3 is 0 Å². The first-order chi connectivity index (χ1) is 13.8. The molecule has 156 valence electrons. The van der Waals surface area contributed by atoms with Gasteiger partial charge in [-0.3, -0.25) is 19.8 Å². The van der Waals surface area contributed by atoms with Crippen molar-refractivity contribution in [1.29, 1.82) is 0 Å². The van der Waals surface area contributed by atoms with Gasteiger partial charge < -0.3 is 10.4 Å². The van der Waals surface area contributed by atoms with Crippen LogP contribution in [0.2, 0.25) is 0 Å². The SMILES string of the molecule is Cc1c(NC(=O)CCN(Cc2ccccc2)C(CO)C(C)C)cccc1[N+](=O)[O-]. The highest BCUT2D eigenvalue weighted by atomic mass is 16.6. The maximum absolute atomic E-state index is 12.5. The zero-order valence-corrected chi connectivity index (χ0v) is 17.2. The Morgan fingerprint density at radius 2 is 1.86 bits per heavy atom. The summed E-state index contributed by atoms with van der Waals surface area (Å²) in [7, 11) is 0. The monoisotopic (exact) mass is 399 g/mol. The van der Waals surface area contributed by atoms with Gasteiger partial charge in [0.1, 0.15) is 0 Å². The highest BCUT2D eigenvalue weighted by molar-refractivity contribution is 5.92. The lowest BCUT2D eigenvalue weighted by atomic mass is 10.0. The van der Waals surface area contributed by atoms with Crippen LogP contribution < -0.4 is 5.32 Å². The molecule has 1 unspecified atom stereocenters. The van der Waals surface area contributed by atoms with Crippen molar-refractivity contribution < 1.29 is 14.8 Å². The second-order valence-corrected chi connectivity index (χ2v) is 7.45. The Labute approximate surface area is 171 Å². The molecule has 29 heavy (non-hydrogen) atoms. The van der Waals surface area contributed by atoms with Gasteiger partial charge in [-0.15, -0.1) is 0 Å². The number of rotatable bonds is 10. The van der Waals surface area contributed by atoms with Crippen molar-refractivity contribution in [2.75, 3.05) is 18.5 Å². The van der Waals surface area contributed by atoms with E-state index in [-0.39, 0.29) is 36.6 Å². The molecule has 0 bridgehead atoms. The zero-order chi connectivity index (χ0) is 21.4. The molecule has 0 aliphatic carbocycles. The largest absolute Gasteiger partial charge is 0.395 e. The van der Waals surface area contributed by atoms with Crippen LogP contribution in [0.25, 0.3) is 0 Å². The second-order valence-electron chi connectivity index (χ2n) is 7.45. The molecule has 1 atom stereocenters. The van der Waals surface area contributed by atoms with Crippen LogP contribution in [-0.2, 0) is 11.3 Å². The molecule has 2 rings (SSSR count). The molecule has 0 heterocycles. The van der Waals surface area contributed by atoms with E-state index in [1.54, 1.807) is 19.1 Å². The van der Waals surface area contributed by atoms with E-state index in [0.29, 0.717) is 24.3 Å². The number of nitro benzene ring substituents is 1. The molecule has 2 N–H and O–H groups in total. The van der Waals surface area contributed by atoms with Gasteiger partial charge in [-0.1, -0.05) is 50.2 Å². The van der Waals surface area contributed by atoms with E-state index < -0.39 is 4.92 Å². The van der Waals surface area contributed by atoms with Crippen LogP contribution in [0.1, 0.15) is 31.4 Å². The summed E-state index contributed by atoms with van der Waals surface area (Å²) >= 11 is 0. The summed E-state index contributed by atoms with van der Waals surface area (Å²) in [4.78, 5) is 25.2. The van der Waals surface area contributed by atoms with Crippen LogP contribution >= 0.6 is 0 Å². The van der Waals surface area contributed by atoms with Crippen molar-refractivity contribution in [2.24, 2.45) is 5.92 Å². The first-order valence-corrected chi connectivity index (χ1v) is 9.76. The molecule has 0 aromatic heterocycles. The third-order valence-corrected chi connectivity index (χ3v) is 5.06. The minimum absolute atomic E-state index is 0.0100. The minimum Gasteiger partial charge on any atom is -0.395 e. The average Bonchev–Trinajstić information content (AvgIpc) is 2.68. The maximum atomic E-state index is 12.5. The van der Waals surface area contributed by atoms with Gasteiger partial charge in [0.05, 0.1) is 22.8 Å². The number of hydrogen-bond donors (Lipinski definition) is 2. The number of aliphatic hydroxyl groups is 1. The first kappa shape index (κ1) is 22.5. The van der Waals surface area contributed by atoms with Crippen LogP contribution in [0.3, 0.4) is 0 Å². The predicted molar refractivity (Wildman–Crippen MR) is 114 cm³/mol. The smallest absolute Gasteiger partial charge is 0.274 e. The van der Waals surface area contributed by atoms with Crippen molar-refractivity contribution in [2.45, 2.75) is 39.8 Å². The fourth-order valence-electron chi connectivity index (χ4n) is 3.34. The Hall–Kier alpha value is -2.77. The van der Waals surface area contributed by atoms with Crippen LogP contribution in [-0.4, -0.2) is 40.0 Å². The van der Waals surface area contributed by atoms with Gasteiger partial charge in [0, 0.05) is 31.6 Å². The van der Waals surface area contributed by atoms with Crippen molar-refractivity contribution in [1.82, 2.24) is 4.90 Å². The molecule has 0 radical (unpaired) electrons. The summed E-state index contributed by atoms with van der Waals surface area (Å²) in [5, 5.41) is 23.7. The van der Waals surface area contributed by atoms with E-state index in [1.807, 2.05) is 44.2 Å². The normalized spacial score (nSPS) is 12.2. The zero-order valence-electron chi connectivity index (χ0n) is 17.2. The summed E-state index contributed by atoms with van der Waals surface area (Å²) in [6, 6.07) is 14.5. The van der Waals surface area contributed by atoms with Gasteiger partial charge in [-0.25, -0.2) is 0 Å². The summed E-state index contributed by atoms with van der Waals surface area (Å²) in [5.74, 6) is 0.0119. The van der Waals surface area contributed by atoms with Gasteiger partial charge in [0.25, 0.3) is 5.69 Å². The molecule has 0 fully saturated rings. The van der Waals surface area contributed by atoms with E-state index in [1.165, 1.54) is 6.07 Å². The third kappa shape index (κ3) is 6.37. The number of nitrogens with zero attached hydrogens (tertiary/aromatic N) is 2. The molecule has 2 aromatic carbocycles. The van der Waals surface area contributed by atoms with E-state index >= 15 is 0 Å². The molecule has 0 aliphatic rings. The van der Waals surface area contributed by atoms with E-state index in [0.717, 1.165) is 5.56 Å². The number of anilines is 1. The summed E-state index contributed by atoms with van der Waals surface area (Å²) < 4.78 is 0. The van der Waals surface area contributed by atoms with Gasteiger partial charge in [0.15, 0.2) is 0 Å². The van der Waals surface area contributed by atoms with Crippen molar-refractivity contribution in [3.05, 3.63) is 69.8 Å². The molecular formula is C22H29N3O4. The van der Waals surface area contributed by atoms with E-state index in [2.05, 4.69) is 10.2 Å². The molecule has 0 saturated carbocycles. The molecular weight excluding hydrogens is 370 g/mol. The lowest BCUT2D eigenvalue weighted by Gasteiger charge is -2.33. The van der Waals surface area contributed by atoms with Crippen molar-refractivity contribution in [3.8, 4) is 0 Å². The molecule has 0 saturated heterocycles. The molecule has 2 aromatic rings. The van der Waals surface area contributed by atoms with Gasteiger partial charge in [-0.05, 0) is 24.5 Å². The van der Waals surface area contributed by atoms with Crippen LogP contribution in [0.4, 0.5) is 11.4 Å². The Kier molecular flexibility index (Phi) is 8.30. The summed E-state index contributed by atoms with van der Waals surface area (Å²) in [6.07, 6.45) is 0.220. The van der Waals surface area contributed by atoms with Crippen LogP contribution in [0.5, 0.6) is 0 Å². The highest BCUT2D eigenvalue weighted by Gasteiger charge is 2.22. The van der Waals surface area contributed by atoms with Gasteiger partial charge in [0.2, 0.25) is 5.91 Å². The number of hydrogen-bond acceptors (Lipinski definition) is 5. The Morgan fingerprint density at radius 1 is 1.17 bits per heavy atom. The Morgan fingerprint density at radius 3 is 2.45 bits per heavy atom.